The van der Waals surface area contributed by atoms with Crippen LogP contribution in [0.25, 0.3) is 0 Å². The molecule has 0 radical (unpaired) electrons. The Kier molecular flexibility index (Phi) is 5.06. The molecule has 0 atom stereocenters. The minimum atomic E-state index is 0.353. The van der Waals surface area contributed by atoms with Crippen molar-refractivity contribution >= 4 is 11.6 Å². The Labute approximate surface area is 124 Å². The van der Waals surface area contributed by atoms with E-state index in [0.717, 1.165) is 27.5 Å². The van der Waals surface area contributed by atoms with Crippen LogP contribution in [0.2, 0.25) is 5.02 Å². The highest BCUT2D eigenvalue weighted by Gasteiger charge is 2.02. The van der Waals surface area contributed by atoms with Crippen LogP contribution in [0.4, 0.5) is 0 Å². The van der Waals surface area contributed by atoms with Gasteiger partial charge in [-0.3, -0.25) is 0 Å². The Bertz CT molecular complexity index is 656. The monoisotopic (exact) mass is 285 g/mol. The van der Waals surface area contributed by atoms with Gasteiger partial charge in [0.2, 0.25) is 0 Å². The lowest BCUT2D eigenvalue weighted by Gasteiger charge is -2.09. The Balaban J connectivity index is 2.12. The minimum Gasteiger partial charge on any atom is -0.489 e. The Morgan fingerprint density at radius 2 is 2.00 bits per heavy atom. The van der Waals surface area contributed by atoms with Crippen molar-refractivity contribution in [3.05, 3.63) is 64.2 Å². The van der Waals surface area contributed by atoms with E-state index in [1.54, 1.807) is 0 Å². The molecule has 3 heteroatoms. The van der Waals surface area contributed by atoms with Crippen molar-refractivity contribution in [3.63, 3.8) is 0 Å². The van der Waals surface area contributed by atoms with Gasteiger partial charge < -0.3 is 10.5 Å². The van der Waals surface area contributed by atoms with Gasteiger partial charge in [0, 0.05) is 16.1 Å². The maximum absolute atomic E-state index is 5.99. The van der Waals surface area contributed by atoms with E-state index in [9.17, 15) is 0 Å². The molecule has 0 unspecified atom stereocenters. The van der Waals surface area contributed by atoms with E-state index in [4.69, 9.17) is 22.1 Å². The van der Waals surface area contributed by atoms with Crippen LogP contribution in [0.5, 0.6) is 5.75 Å². The Morgan fingerprint density at radius 3 is 2.75 bits per heavy atom. The summed E-state index contributed by atoms with van der Waals surface area (Å²) in [6.07, 6.45) is 0. The van der Waals surface area contributed by atoms with Gasteiger partial charge >= 0.3 is 0 Å². The van der Waals surface area contributed by atoms with Crippen molar-refractivity contribution in [2.75, 3.05) is 6.54 Å². The third kappa shape index (κ3) is 3.77. The molecule has 102 valence electrons. The van der Waals surface area contributed by atoms with Crippen molar-refractivity contribution < 1.29 is 4.74 Å². The Hall–Kier alpha value is -1.95. The lowest BCUT2D eigenvalue weighted by atomic mass is 10.1. The summed E-state index contributed by atoms with van der Waals surface area (Å²) in [5.74, 6) is 6.72. The molecular weight excluding hydrogens is 270 g/mol. The van der Waals surface area contributed by atoms with Crippen molar-refractivity contribution in [2.24, 2.45) is 5.73 Å². The summed E-state index contributed by atoms with van der Waals surface area (Å²) < 4.78 is 5.79. The van der Waals surface area contributed by atoms with Crippen molar-refractivity contribution in [2.45, 2.75) is 13.5 Å². The van der Waals surface area contributed by atoms with Gasteiger partial charge in [0.1, 0.15) is 12.4 Å². The minimum absolute atomic E-state index is 0.353. The van der Waals surface area contributed by atoms with Crippen LogP contribution in [-0.2, 0) is 6.61 Å². The molecular formula is C17H16ClNO. The number of hydrogen-bond acceptors (Lipinski definition) is 2. The van der Waals surface area contributed by atoms with Gasteiger partial charge in [-0.05, 0) is 36.8 Å². The second-order valence-corrected chi connectivity index (χ2v) is 4.77. The van der Waals surface area contributed by atoms with E-state index in [-0.39, 0.29) is 0 Å². The van der Waals surface area contributed by atoms with Crippen LogP contribution in [-0.4, -0.2) is 6.54 Å². The number of halogens is 1. The maximum Gasteiger partial charge on any atom is 0.120 e. The lowest BCUT2D eigenvalue weighted by molar-refractivity contribution is 0.305. The van der Waals surface area contributed by atoms with E-state index in [0.29, 0.717) is 13.2 Å². The Morgan fingerprint density at radius 1 is 1.20 bits per heavy atom. The molecule has 2 nitrogen and oxygen atoms in total. The topological polar surface area (TPSA) is 35.2 Å². The molecule has 0 fully saturated rings. The summed E-state index contributed by atoms with van der Waals surface area (Å²) in [5, 5.41) is 0.742. The molecule has 2 rings (SSSR count). The molecule has 0 heterocycles. The molecule has 0 aliphatic carbocycles. The molecule has 0 spiro atoms. The van der Waals surface area contributed by atoms with Crippen molar-refractivity contribution in [3.8, 4) is 17.6 Å². The largest absolute Gasteiger partial charge is 0.489 e. The fourth-order valence-electron chi connectivity index (χ4n) is 1.78. The molecule has 0 saturated carbocycles. The van der Waals surface area contributed by atoms with Gasteiger partial charge in [0.25, 0.3) is 0 Å². The zero-order chi connectivity index (χ0) is 14.4. The first-order chi connectivity index (χ1) is 9.70. The SMILES string of the molecule is Cc1cc(OCc2ccccc2C#CCN)ccc1Cl. The number of rotatable bonds is 3. The number of aryl methyl sites for hydroxylation is 1. The first-order valence-electron chi connectivity index (χ1n) is 6.36. The van der Waals surface area contributed by atoms with Crippen LogP contribution < -0.4 is 10.5 Å². The summed E-state index contributed by atoms with van der Waals surface area (Å²) in [4.78, 5) is 0. The predicted molar refractivity (Wildman–Crippen MR) is 82.9 cm³/mol. The van der Waals surface area contributed by atoms with Gasteiger partial charge in [-0.1, -0.05) is 41.6 Å². The van der Waals surface area contributed by atoms with Crippen LogP contribution in [0.1, 0.15) is 16.7 Å². The quantitative estimate of drug-likeness (QED) is 0.876. The smallest absolute Gasteiger partial charge is 0.120 e. The third-order valence-electron chi connectivity index (χ3n) is 2.87. The van der Waals surface area contributed by atoms with Gasteiger partial charge in [-0.25, -0.2) is 0 Å². The number of ether oxygens (including phenoxy) is 1. The van der Waals surface area contributed by atoms with E-state index in [1.807, 2.05) is 49.4 Å². The van der Waals surface area contributed by atoms with Crippen molar-refractivity contribution in [1.82, 2.24) is 0 Å². The summed E-state index contributed by atoms with van der Waals surface area (Å²) in [6.45, 7) is 2.78. The van der Waals surface area contributed by atoms with E-state index < -0.39 is 0 Å². The first kappa shape index (κ1) is 14.5. The molecule has 20 heavy (non-hydrogen) atoms. The first-order valence-corrected chi connectivity index (χ1v) is 6.74. The van der Waals surface area contributed by atoms with Gasteiger partial charge in [0.05, 0.1) is 6.54 Å². The predicted octanol–water partition coefficient (Wildman–Crippen LogP) is 3.54. The maximum atomic E-state index is 5.99. The average Bonchev–Trinajstić information content (AvgIpc) is 2.47. The summed E-state index contributed by atoms with van der Waals surface area (Å²) in [5.41, 5.74) is 8.40. The van der Waals surface area contributed by atoms with Crippen LogP contribution >= 0.6 is 11.6 Å². The second-order valence-electron chi connectivity index (χ2n) is 4.36. The standard InChI is InChI=1S/C17H16ClNO/c1-13-11-16(8-9-17(13)18)20-12-15-6-3-2-5-14(15)7-4-10-19/h2-3,5-6,8-9,11H,10,12,19H2,1H3. The molecule has 0 aliphatic rings. The highest BCUT2D eigenvalue weighted by atomic mass is 35.5. The lowest BCUT2D eigenvalue weighted by Crippen LogP contribution is -1.99. The van der Waals surface area contributed by atoms with Crippen LogP contribution in [0, 0.1) is 18.8 Å². The molecule has 0 amide bonds. The summed E-state index contributed by atoms with van der Waals surface area (Å²) in [7, 11) is 0. The highest BCUT2D eigenvalue weighted by Crippen LogP contribution is 2.22. The zero-order valence-electron chi connectivity index (χ0n) is 11.3. The average molecular weight is 286 g/mol. The molecule has 2 aromatic carbocycles. The fraction of sp³-hybridized carbons (Fsp3) is 0.176. The molecule has 2 N–H and O–H groups in total. The van der Waals surface area contributed by atoms with E-state index in [2.05, 4.69) is 11.8 Å². The van der Waals surface area contributed by atoms with Crippen LogP contribution in [0.3, 0.4) is 0 Å². The molecule has 0 saturated heterocycles. The number of nitrogens with two attached hydrogens (primary N) is 1. The molecule has 0 aliphatic heterocycles. The summed E-state index contributed by atoms with van der Waals surface area (Å²) in [6, 6.07) is 13.5. The van der Waals surface area contributed by atoms with Gasteiger partial charge in [-0.2, -0.15) is 0 Å². The normalized spacial score (nSPS) is 9.75. The molecule has 2 aromatic rings. The third-order valence-corrected chi connectivity index (χ3v) is 3.29. The van der Waals surface area contributed by atoms with E-state index >= 15 is 0 Å². The van der Waals surface area contributed by atoms with Crippen molar-refractivity contribution in [1.29, 1.82) is 0 Å². The highest BCUT2D eigenvalue weighted by molar-refractivity contribution is 6.31. The number of benzene rings is 2. The van der Waals surface area contributed by atoms with Crippen LogP contribution in [0.15, 0.2) is 42.5 Å². The molecule has 0 aromatic heterocycles. The zero-order valence-corrected chi connectivity index (χ0v) is 12.1. The van der Waals surface area contributed by atoms with E-state index in [1.165, 1.54) is 0 Å². The number of hydrogen-bond donors (Lipinski definition) is 1. The second kappa shape index (κ2) is 7.00. The summed E-state index contributed by atoms with van der Waals surface area (Å²) >= 11 is 5.99. The van der Waals surface area contributed by atoms with Gasteiger partial charge in [0.15, 0.2) is 0 Å². The fourth-order valence-corrected chi connectivity index (χ4v) is 1.90. The van der Waals surface area contributed by atoms with Gasteiger partial charge in [-0.15, -0.1) is 0 Å². The molecule has 0 bridgehead atoms.